The molecule has 1 spiro atoms. The van der Waals surface area contributed by atoms with Gasteiger partial charge in [-0.05, 0) is 44.0 Å². The molecule has 1 aliphatic carbocycles. The molecule has 3 heterocycles. The van der Waals surface area contributed by atoms with Gasteiger partial charge in [0, 0.05) is 15.8 Å². The largest absolute Gasteiger partial charge is 0.422 e. The highest BCUT2D eigenvalue weighted by molar-refractivity contribution is 7.14. The highest BCUT2D eigenvalue weighted by atomic mass is 35.5. The first-order valence-electron chi connectivity index (χ1n) is 8.07. The Hall–Kier alpha value is -2.51. The van der Waals surface area contributed by atoms with Gasteiger partial charge >= 0.3 is 5.63 Å². The normalized spacial score (nSPS) is 18.0. The zero-order valence-electron chi connectivity index (χ0n) is 13.7. The molecule has 1 aromatic carbocycles. The van der Waals surface area contributed by atoms with E-state index in [-0.39, 0.29) is 5.91 Å². The maximum absolute atomic E-state index is 12.6. The zero-order valence-corrected chi connectivity index (χ0v) is 15.2. The summed E-state index contributed by atoms with van der Waals surface area (Å²) in [4.78, 5) is 29.4. The minimum Gasteiger partial charge on any atom is -0.422 e. The van der Waals surface area contributed by atoms with Gasteiger partial charge < -0.3 is 4.42 Å². The maximum atomic E-state index is 12.6. The van der Waals surface area contributed by atoms with Crippen LogP contribution in [-0.2, 0) is 4.79 Å². The molecular weight excluding hydrogens is 374 g/mol. The van der Waals surface area contributed by atoms with E-state index in [1.165, 1.54) is 16.3 Å². The molecule has 2 aromatic heterocycles. The minimum absolute atomic E-state index is 0.0340. The topological polar surface area (TPSA) is 75.8 Å². The number of amides is 1. The lowest BCUT2D eigenvalue weighted by Crippen LogP contribution is -2.28. The number of carbonyl (C=O) groups is 1. The molecule has 1 fully saturated rings. The monoisotopic (exact) mass is 385 g/mol. The van der Waals surface area contributed by atoms with Crippen LogP contribution in [0, 0.1) is 5.41 Å². The third kappa shape index (κ3) is 2.17. The van der Waals surface area contributed by atoms with E-state index in [2.05, 4.69) is 10.1 Å². The van der Waals surface area contributed by atoms with Crippen LogP contribution in [0.5, 0.6) is 0 Å². The number of rotatable bonds is 2. The van der Waals surface area contributed by atoms with Gasteiger partial charge in [-0.2, -0.15) is 10.1 Å². The van der Waals surface area contributed by atoms with Gasteiger partial charge in [0.15, 0.2) is 0 Å². The zero-order chi connectivity index (χ0) is 18.1. The second-order valence-electron chi connectivity index (χ2n) is 6.53. The summed E-state index contributed by atoms with van der Waals surface area (Å²) in [7, 11) is 0. The van der Waals surface area contributed by atoms with Crippen molar-refractivity contribution in [3.05, 3.63) is 45.1 Å². The molecule has 0 bridgehead atoms. The van der Waals surface area contributed by atoms with Crippen molar-refractivity contribution < 1.29 is 9.21 Å². The summed E-state index contributed by atoms with van der Waals surface area (Å²) >= 11 is 7.29. The Morgan fingerprint density at radius 1 is 1.27 bits per heavy atom. The molecule has 0 saturated heterocycles. The predicted octanol–water partition coefficient (Wildman–Crippen LogP) is 4.07. The van der Waals surface area contributed by atoms with Crippen molar-refractivity contribution >= 4 is 50.7 Å². The Bertz CT molecular complexity index is 1180. The Kier molecular flexibility index (Phi) is 3.17. The number of anilines is 1. The number of benzene rings is 1. The molecule has 0 N–H and O–H groups in total. The Morgan fingerprint density at radius 2 is 2.08 bits per heavy atom. The van der Waals surface area contributed by atoms with Crippen molar-refractivity contribution in [2.45, 2.75) is 19.8 Å². The van der Waals surface area contributed by atoms with Gasteiger partial charge in [0.1, 0.15) is 5.58 Å². The molecule has 2 aliphatic rings. The summed E-state index contributed by atoms with van der Waals surface area (Å²) in [6, 6.07) is 6.75. The number of carbonyl (C=O) groups excluding carboxylic acids is 1. The molecule has 130 valence electrons. The third-order valence-corrected chi connectivity index (χ3v) is 5.99. The number of hydrogen-bond donors (Lipinski definition) is 0. The van der Waals surface area contributed by atoms with Crippen LogP contribution < -0.4 is 10.6 Å². The quantitative estimate of drug-likeness (QED) is 0.623. The number of hydrazone groups is 1. The molecule has 1 aliphatic heterocycles. The van der Waals surface area contributed by atoms with Crippen molar-refractivity contribution in [3.8, 4) is 11.3 Å². The molecule has 0 atom stereocenters. The predicted molar refractivity (Wildman–Crippen MR) is 101 cm³/mol. The molecule has 1 saturated carbocycles. The highest BCUT2D eigenvalue weighted by Crippen LogP contribution is 2.52. The SMILES string of the molecule is CC1=NN(c2nc(-c3cc4cc(Cl)ccc4oc3=O)cs2)C(=O)C12CC2. The van der Waals surface area contributed by atoms with Gasteiger partial charge in [-0.3, -0.25) is 4.79 Å². The molecule has 3 aromatic rings. The van der Waals surface area contributed by atoms with Gasteiger partial charge in [0.2, 0.25) is 5.13 Å². The van der Waals surface area contributed by atoms with Gasteiger partial charge in [-0.1, -0.05) is 11.6 Å². The van der Waals surface area contributed by atoms with E-state index in [1.807, 2.05) is 6.92 Å². The standard InChI is InChI=1S/C18H12ClN3O3S/c1-9-18(4-5-18)16(24)22(21-9)17-20-13(8-26-17)12-7-10-6-11(19)2-3-14(10)25-15(12)23/h2-3,6-8H,4-5H2,1H3. The number of fused-ring (bicyclic) bond motifs is 1. The van der Waals surface area contributed by atoms with E-state index in [1.54, 1.807) is 29.6 Å². The maximum Gasteiger partial charge on any atom is 0.345 e. The summed E-state index contributed by atoms with van der Waals surface area (Å²) in [6.45, 7) is 1.88. The van der Waals surface area contributed by atoms with Crippen LogP contribution in [0.15, 0.2) is 44.0 Å². The van der Waals surface area contributed by atoms with Crippen molar-refractivity contribution in [3.63, 3.8) is 0 Å². The summed E-state index contributed by atoms with van der Waals surface area (Å²) < 4.78 is 5.36. The van der Waals surface area contributed by atoms with Crippen molar-refractivity contribution in [1.82, 2.24) is 4.98 Å². The molecular formula is C18H12ClN3O3S. The van der Waals surface area contributed by atoms with Crippen molar-refractivity contribution in [1.29, 1.82) is 0 Å². The number of thiazole rings is 1. The fourth-order valence-corrected chi connectivity index (χ4v) is 4.19. The first-order chi connectivity index (χ1) is 12.5. The van der Waals surface area contributed by atoms with Crippen LogP contribution in [0.1, 0.15) is 19.8 Å². The van der Waals surface area contributed by atoms with Crippen molar-refractivity contribution in [2.75, 3.05) is 5.01 Å². The third-order valence-electron chi connectivity index (χ3n) is 4.94. The number of halogens is 1. The van der Waals surface area contributed by atoms with Crippen LogP contribution in [0.3, 0.4) is 0 Å². The molecule has 0 radical (unpaired) electrons. The van der Waals surface area contributed by atoms with E-state index in [4.69, 9.17) is 16.0 Å². The molecule has 1 amide bonds. The smallest absolute Gasteiger partial charge is 0.345 e. The van der Waals surface area contributed by atoms with Crippen LogP contribution >= 0.6 is 22.9 Å². The first kappa shape index (κ1) is 15.7. The first-order valence-corrected chi connectivity index (χ1v) is 9.33. The fourth-order valence-electron chi connectivity index (χ4n) is 3.24. The lowest BCUT2D eigenvalue weighted by Gasteiger charge is -2.09. The highest BCUT2D eigenvalue weighted by Gasteiger charge is 2.59. The second kappa shape index (κ2) is 5.25. The molecule has 5 rings (SSSR count). The lowest BCUT2D eigenvalue weighted by atomic mass is 10.0. The lowest BCUT2D eigenvalue weighted by molar-refractivity contribution is -0.120. The number of aromatic nitrogens is 1. The second-order valence-corrected chi connectivity index (χ2v) is 7.80. The molecule has 6 nitrogen and oxygen atoms in total. The van der Waals surface area contributed by atoms with E-state index in [9.17, 15) is 9.59 Å². The molecule has 0 unspecified atom stereocenters. The number of nitrogens with zero attached hydrogens (tertiary/aromatic N) is 3. The Labute approximate surface area is 156 Å². The summed E-state index contributed by atoms with van der Waals surface area (Å²) in [6.07, 6.45) is 1.68. The van der Waals surface area contributed by atoms with Gasteiger partial charge in [-0.25, -0.2) is 9.78 Å². The van der Waals surface area contributed by atoms with Gasteiger partial charge in [0.25, 0.3) is 5.91 Å². The minimum atomic E-state index is -0.484. The van der Waals surface area contributed by atoms with Crippen LogP contribution in [-0.4, -0.2) is 16.6 Å². The van der Waals surface area contributed by atoms with Gasteiger partial charge in [-0.15, -0.1) is 11.3 Å². The number of hydrogen-bond acceptors (Lipinski definition) is 6. The average Bonchev–Trinajstić information content (AvgIpc) is 3.23. The molecule has 26 heavy (non-hydrogen) atoms. The summed E-state index contributed by atoms with van der Waals surface area (Å²) in [5, 5.41) is 9.19. The van der Waals surface area contributed by atoms with Gasteiger partial charge in [0.05, 0.1) is 22.4 Å². The average molecular weight is 386 g/mol. The Morgan fingerprint density at radius 3 is 2.81 bits per heavy atom. The fraction of sp³-hybridized carbons (Fsp3) is 0.222. The summed E-state index contributed by atoms with van der Waals surface area (Å²) in [5.74, 6) is -0.0340. The van der Waals surface area contributed by atoms with Crippen LogP contribution in [0.2, 0.25) is 5.02 Å². The van der Waals surface area contributed by atoms with E-state index in [0.717, 1.165) is 18.6 Å². The van der Waals surface area contributed by atoms with Crippen molar-refractivity contribution in [2.24, 2.45) is 10.5 Å². The van der Waals surface area contributed by atoms with E-state index < -0.39 is 11.0 Å². The summed E-state index contributed by atoms with van der Waals surface area (Å²) in [5.41, 5.74) is 1.18. The Balaban J connectivity index is 1.57. The molecule has 8 heteroatoms. The van der Waals surface area contributed by atoms with E-state index >= 15 is 0 Å². The van der Waals surface area contributed by atoms with Crippen LogP contribution in [0.4, 0.5) is 5.13 Å². The van der Waals surface area contributed by atoms with E-state index in [0.29, 0.717) is 32.4 Å². The van der Waals surface area contributed by atoms with Crippen LogP contribution in [0.25, 0.3) is 22.2 Å².